The van der Waals surface area contributed by atoms with Crippen LogP contribution in [0.15, 0.2) is 5.10 Å². The van der Waals surface area contributed by atoms with Crippen LogP contribution >= 0.6 is 0 Å². The van der Waals surface area contributed by atoms with E-state index in [2.05, 4.69) is 16.7 Å². The van der Waals surface area contributed by atoms with Crippen molar-refractivity contribution in [2.45, 2.75) is 0 Å². The van der Waals surface area contributed by atoms with Gasteiger partial charge in [-0.2, -0.15) is 5.10 Å². The quantitative estimate of drug-likeness (QED) is 0.163. The average molecular weight is 102 g/mol. The van der Waals surface area contributed by atoms with E-state index < -0.39 is 6.03 Å². The second-order valence-electron chi connectivity index (χ2n) is 0.787. The number of primary amides is 1. The van der Waals surface area contributed by atoms with Crippen LogP contribution in [-0.2, 0) is 0 Å². The predicted octanol–water partition coefficient (Wildman–Crippen LogP) is -1.44. The van der Waals surface area contributed by atoms with Crippen molar-refractivity contribution in [2.75, 3.05) is 0 Å². The van der Waals surface area contributed by atoms with E-state index in [1.54, 1.807) is 0 Å². The minimum Gasteiger partial charge on any atom is -0.351 e. The maximum Gasteiger partial charge on any atom is 0.317 e. The van der Waals surface area contributed by atoms with E-state index in [9.17, 15) is 4.79 Å². The fraction of sp³-hybridized carbons (Fsp3) is 0. The lowest BCUT2D eigenvalue weighted by Crippen LogP contribution is -2.28. The van der Waals surface area contributed by atoms with E-state index in [1.165, 1.54) is 0 Å². The van der Waals surface area contributed by atoms with Gasteiger partial charge in [-0.15, -0.1) is 0 Å². The molecule has 0 rings (SSSR count). The van der Waals surface area contributed by atoms with Crippen molar-refractivity contribution in [3.8, 4) is 0 Å². The van der Waals surface area contributed by atoms with Crippen LogP contribution in [0.3, 0.4) is 0 Å². The minimum atomic E-state index is -0.672. The molecule has 7 heavy (non-hydrogen) atoms. The van der Waals surface area contributed by atoms with E-state index >= 15 is 0 Å². The molecule has 0 heterocycles. The van der Waals surface area contributed by atoms with Crippen LogP contribution in [0.1, 0.15) is 0 Å². The molecule has 0 unspecified atom stereocenters. The second-order valence-corrected chi connectivity index (χ2v) is 0.787. The number of carbonyl (C=O) groups excluding carboxylic acids is 1. The molecule has 0 atom stereocenters. The Labute approximate surface area is 40.4 Å². The standard InChI is InChI=1S/C2H6N4O/c3-2(7)5-1-6-4/h1H,4H2,(H3,3,5,6,7). The molecular weight excluding hydrogens is 96.0 g/mol. The second kappa shape index (κ2) is 2.95. The van der Waals surface area contributed by atoms with Crippen molar-refractivity contribution in [2.24, 2.45) is 16.7 Å². The average Bonchev–Trinajstić information content (AvgIpc) is 1.61. The summed E-state index contributed by atoms with van der Waals surface area (Å²) in [6.45, 7) is 0. The molecule has 5 heteroatoms. The summed E-state index contributed by atoms with van der Waals surface area (Å²) in [5.74, 6) is 4.58. The Balaban J connectivity index is 3.14. The first-order valence-corrected chi connectivity index (χ1v) is 1.55. The van der Waals surface area contributed by atoms with Crippen molar-refractivity contribution < 1.29 is 4.79 Å². The van der Waals surface area contributed by atoms with Crippen LogP contribution in [0.2, 0.25) is 0 Å². The van der Waals surface area contributed by atoms with E-state index in [0.717, 1.165) is 6.34 Å². The van der Waals surface area contributed by atoms with Crippen molar-refractivity contribution in [3.05, 3.63) is 0 Å². The van der Waals surface area contributed by atoms with Crippen molar-refractivity contribution in [3.63, 3.8) is 0 Å². The Morgan fingerprint density at radius 3 is 2.57 bits per heavy atom. The van der Waals surface area contributed by atoms with Crippen molar-refractivity contribution in [1.82, 2.24) is 5.32 Å². The van der Waals surface area contributed by atoms with Gasteiger partial charge in [0.15, 0.2) is 0 Å². The number of hydrogen-bond acceptors (Lipinski definition) is 3. The van der Waals surface area contributed by atoms with Crippen LogP contribution < -0.4 is 16.9 Å². The molecule has 0 fully saturated rings. The Bertz CT molecular complexity index is 87.7. The molecule has 40 valence electrons. The highest BCUT2D eigenvalue weighted by atomic mass is 16.2. The SMILES string of the molecule is NN=CNC(N)=O. The molecule has 2 amide bonds. The Morgan fingerprint density at radius 1 is 1.86 bits per heavy atom. The molecular formula is C2H6N4O. The molecule has 0 saturated heterocycles. The summed E-state index contributed by atoms with van der Waals surface area (Å²) in [5, 5.41) is 4.96. The van der Waals surface area contributed by atoms with Gasteiger partial charge in [-0.1, -0.05) is 0 Å². The number of nitrogens with two attached hydrogens (primary N) is 2. The van der Waals surface area contributed by atoms with E-state index in [0.29, 0.717) is 0 Å². The number of amides is 2. The maximum absolute atomic E-state index is 9.72. The zero-order chi connectivity index (χ0) is 5.70. The van der Waals surface area contributed by atoms with Gasteiger partial charge in [0, 0.05) is 0 Å². The lowest BCUT2D eigenvalue weighted by Gasteiger charge is -1.84. The molecule has 0 spiro atoms. The number of nitrogens with zero attached hydrogens (tertiary/aromatic N) is 1. The zero-order valence-corrected chi connectivity index (χ0v) is 3.59. The summed E-state index contributed by atoms with van der Waals surface area (Å²) < 4.78 is 0. The van der Waals surface area contributed by atoms with Crippen molar-refractivity contribution in [1.29, 1.82) is 0 Å². The molecule has 0 aliphatic rings. The summed E-state index contributed by atoms with van der Waals surface area (Å²) in [6.07, 6.45) is 1.00. The smallest absolute Gasteiger partial charge is 0.317 e. The predicted molar refractivity (Wildman–Crippen MR) is 25.4 cm³/mol. The summed E-state index contributed by atoms with van der Waals surface area (Å²) >= 11 is 0. The third-order valence-electron chi connectivity index (χ3n) is 0.281. The molecule has 0 aliphatic carbocycles. The summed E-state index contributed by atoms with van der Waals surface area (Å²) in [6, 6.07) is -0.672. The van der Waals surface area contributed by atoms with Gasteiger partial charge in [-0.3, -0.25) is 5.32 Å². The van der Waals surface area contributed by atoms with Crippen LogP contribution in [0.25, 0.3) is 0 Å². The van der Waals surface area contributed by atoms with Crippen LogP contribution in [-0.4, -0.2) is 12.4 Å². The van der Waals surface area contributed by atoms with Crippen LogP contribution in [0.5, 0.6) is 0 Å². The van der Waals surface area contributed by atoms with Gasteiger partial charge in [0.1, 0.15) is 6.34 Å². The molecule has 5 N–H and O–H groups in total. The highest BCUT2D eigenvalue weighted by Gasteiger charge is 1.79. The Hall–Kier alpha value is -1.26. The largest absolute Gasteiger partial charge is 0.351 e. The normalized spacial score (nSPS) is 9.14. The summed E-state index contributed by atoms with van der Waals surface area (Å²) in [5.41, 5.74) is 4.58. The molecule has 0 aromatic rings. The van der Waals surface area contributed by atoms with Crippen molar-refractivity contribution >= 4 is 12.4 Å². The number of rotatable bonds is 1. The number of urea groups is 1. The third-order valence-corrected chi connectivity index (χ3v) is 0.281. The van der Waals surface area contributed by atoms with Gasteiger partial charge >= 0.3 is 6.03 Å². The third kappa shape index (κ3) is 4.74. The Kier molecular flexibility index (Phi) is 2.42. The Morgan fingerprint density at radius 2 is 2.43 bits per heavy atom. The highest BCUT2D eigenvalue weighted by Crippen LogP contribution is 1.44. The molecule has 0 aromatic carbocycles. The molecule has 0 aromatic heterocycles. The number of hydrazone groups is 1. The van der Waals surface area contributed by atoms with Gasteiger partial charge < -0.3 is 11.6 Å². The molecule has 0 saturated carbocycles. The van der Waals surface area contributed by atoms with Gasteiger partial charge in [0.2, 0.25) is 0 Å². The lowest BCUT2D eigenvalue weighted by molar-refractivity contribution is 0.253. The van der Waals surface area contributed by atoms with Gasteiger partial charge in [0.25, 0.3) is 0 Å². The van der Waals surface area contributed by atoms with Gasteiger partial charge in [-0.05, 0) is 0 Å². The summed E-state index contributed by atoms with van der Waals surface area (Å²) in [7, 11) is 0. The maximum atomic E-state index is 9.72. The topological polar surface area (TPSA) is 93.5 Å². The van der Waals surface area contributed by atoms with E-state index in [1.807, 2.05) is 5.32 Å². The number of carbonyl (C=O) groups is 1. The molecule has 0 radical (unpaired) electrons. The highest BCUT2D eigenvalue weighted by molar-refractivity contribution is 5.84. The van der Waals surface area contributed by atoms with E-state index in [4.69, 9.17) is 0 Å². The van der Waals surface area contributed by atoms with Crippen LogP contribution in [0, 0.1) is 0 Å². The first-order chi connectivity index (χ1) is 3.27. The first kappa shape index (κ1) is 5.74. The zero-order valence-electron chi connectivity index (χ0n) is 3.59. The van der Waals surface area contributed by atoms with Gasteiger partial charge in [0.05, 0.1) is 0 Å². The number of nitrogens with one attached hydrogen (secondary N) is 1. The molecule has 0 aliphatic heterocycles. The molecule has 5 nitrogen and oxygen atoms in total. The number of hydrogen-bond donors (Lipinski definition) is 3. The monoisotopic (exact) mass is 102 g/mol. The van der Waals surface area contributed by atoms with E-state index in [-0.39, 0.29) is 0 Å². The fourth-order valence-corrected chi connectivity index (χ4v) is 0.101. The fourth-order valence-electron chi connectivity index (χ4n) is 0.101. The first-order valence-electron chi connectivity index (χ1n) is 1.55. The summed E-state index contributed by atoms with van der Waals surface area (Å²) in [4.78, 5) is 9.72. The van der Waals surface area contributed by atoms with Crippen LogP contribution in [0.4, 0.5) is 4.79 Å². The lowest BCUT2D eigenvalue weighted by atomic mass is 11.0. The van der Waals surface area contributed by atoms with Gasteiger partial charge in [-0.25, -0.2) is 4.79 Å². The molecule has 0 bridgehead atoms. The minimum absolute atomic E-state index is 0.672.